The quantitative estimate of drug-likeness (QED) is 0.773. The summed E-state index contributed by atoms with van der Waals surface area (Å²) >= 11 is 0. The lowest BCUT2D eigenvalue weighted by Crippen LogP contribution is -2.40. The summed E-state index contributed by atoms with van der Waals surface area (Å²) in [5.41, 5.74) is 4.42. The fourth-order valence-corrected chi connectivity index (χ4v) is 3.21. The molecule has 2 aromatic rings. The molecule has 1 heterocycles. The summed E-state index contributed by atoms with van der Waals surface area (Å²) in [5, 5.41) is 0. The first-order valence-corrected chi connectivity index (χ1v) is 7.13. The zero-order chi connectivity index (χ0) is 13.2. The Balaban J connectivity index is 1.87. The van der Waals surface area contributed by atoms with E-state index in [2.05, 4.69) is 73.3 Å². The van der Waals surface area contributed by atoms with E-state index in [1.807, 2.05) is 0 Å². The molecule has 0 saturated carbocycles. The molecule has 19 heavy (non-hydrogen) atoms. The minimum atomic E-state index is 0.500. The molecule has 1 heteroatoms. The summed E-state index contributed by atoms with van der Waals surface area (Å²) in [7, 11) is 0. The van der Waals surface area contributed by atoms with Gasteiger partial charge in [0.15, 0.2) is 0 Å². The van der Waals surface area contributed by atoms with E-state index in [9.17, 15) is 0 Å². The van der Waals surface area contributed by atoms with Gasteiger partial charge in [0.05, 0.1) is 0 Å². The number of hydrogen-bond acceptors (Lipinski definition) is 1. The Hall–Kier alpha value is -1.60. The maximum Gasteiger partial charge on any atom is 0.0329 e. The van der Waals surface area contributed by atoms with Gasteiger partial charge in [0.1, 0.15) is 0 Å². The van der Waals surface area contributed by atoms with Crippen molar-refractivity contribution in [2.45, 2.75) is 38.9 Å². The van der Waals surface area contributed by atoms with E-state index in [-0.39, 0.29) is 0 Å². The molecule has 0 amide bonds. The van der Waals surface area contributed by atoms with E-state index in [0.29, 0.717) is 12.1 Å². The van der Waals surface area contributed by atoms with Crippen LogP contribution in [-0.2, 0) is 13.0 Å². The van der Waals surface area contributed by atoms with Gasteiger partial charge in [-0.1, -0.05) is 54.6 Å². The van der Waals surface area contributed by atoms with Gasteiger partial charge in [-0.2, -0.15) is 0 Å². The van der Waals surface area contributed by atoms with Crippen molar-refractivity contribution >= 4 is 0 Å². The molecule has 0 fully saturated rings. The Morgan fingerprint density at radius 2 is 1.63 bits per heavy atom. The fourth-order valence-electron chi connectivity index (χ4n) is 3.21. The molecular weight excluding hydrogens is 230 g/mol. The van der Waals surface area contributed by atoms with Crippen molar-refractivity contribution < 1.29 is 0 Å². The maximum absolute atomic E-state index is 2.61. The van der Waals surface area contributed by atoms with Crippen molar-refractivity contribution in [2.24, 2.45) is 0 Å². The molecule has 0 aliphatic carbocycles. The Bertz CT molecular complexity index is 547. The van der Waals surface area contributed by atoms with Crippen LogP contribution in [0.15, 0.2) is 54.6 Å². The number of rotatable bonds is 2. The van der Waals surface area contributed by atoms with Crippen LogP contribution in [0.3, 0.4) is 0 Å². The molecule has 2 aromatic carbocycles. The van der Waals surface area contributed by atoms with Crippen LogP contribution in [0.2, 0.25) is 0 Å². The highest BCUT2D eigenvalue weighted by Gasteiger charge is 2.28. The highest BCUT2D eigenvalue weighted by Crippen LogP contribution is 2.33. The largest absolute Gasteiger partial charge is 0.289 e. The molecule has 1 aliphatic heterocycles. The second-order valence-corrected chi connectivity index (χ2v) is 5.59. The van der Waals surface area contributed by atoms with E-state index in [0.717, 1.165) is 13.0 Å². The molecule has 0 N–H and O–H groups in total. The van der Waals surface area contributed by atoms with Crippen molar-refractivity contribution in [3.63, 3.8) is 0 Å². The molecule has 0 bridgehead atoms. The van der Waals surface area contributed by atoms with Crippen LogP contribution in [-0.4, -0.2) is 10.9 Å². The predicted octanol–water partition coefficient (Wildman–Crippen LogP) is 4.19. The zero-order valence-corrected chi connectivity index (χ0v) is 11.7. The Morgan fingerprint density at radius 1 is 0.947 bits per heavy atom. The molecule has 1 aliphatic rings. The summed E-state index contributed by atoms with van der Waals surface area (Å²) in [6.07, 6.45) is 1.16. The molecule has 2 atom stereocenters. The van der Waals surface area contributed by atoms with E-state index >= 15 is 0 Å². The summed E-state index contributed by atoms with van der Waals surface area (Å²) < 4.78 is 0. The highest BCUT2D eigenvalue weighted by molar-refractivity contribution is 5.33. The van der Waals surface area contributed by atoms with Gasteiger partial charge in [0.25, 0.3) is 0 Å². The number of hydrogen-bond donors (Lipinski definition) is 0. The lowest BCUT2D eigenvalue weighted by molar-refractivity contribution is 0.129. The van der Waals surface area contributed by atoms with Crippen LogP contribution in [0.5, 0.6) is 0 Å². The van der Waals surface area contributed by atoms with Gasteiger partial charge < -0.3 is 0 Å². The molecule has 2 unspecified atom stereocenters. The average Bonchev–Trinajstić information content (AvgIpc) is 2.45. The van der Waals surface area contributed by atoms with Gasteiger partial charge in [-0.3, -0.25) is 4.90 Å². The van der Waals surface area contributed by atoms with Gasteiger partial charge in [-0.15, -0.1) is 0 Å². The molecule has 0 spiro atoms. The summed E-state index contributed by atoms with van der Waals surface area (Å²) in [6, 6.07) is 20.8. The first-order chi connectivity index (χ1) is 9.25. The minimum absolute atomic E-state index is 0.500. The summed E-state index contributed by atoms with van der Waals surface area (Å²) in [5.74, 6) is 0. The zero-order valence-electron chi connectivity index (χ0n) is 11.7. The minimum Gasteiger partial charge on any atom is -0.289 e. The van der Waals surface area contributed by atoms with Gasteiger partial charge in [0.2, 0.25) is 0 Å². The predicted molar refractivity (Wildman–Crippen MR) is 80.0 cm³/mol. The lowest BCUT2D eigenvalue weighted by Gasteiger charge is -2.40. The van der Waals surface area contributed by atoms with Crippen molar-refractivity contribution in [2.75, 3.05) is 0 Å². The van der Waals surface area contributed by atoms with Crippen LogP contribution in [0.4, 0.5) is 0 Å². The third-order valence-electron chi connectivity index (χ3n) is 4.29. The van der Waals surface area contributed by atoms with Gasteiger partial charge in [-0.05, 0) is 37.0 Å². The number of nitrogens with zero attached hydrogens (tertiary/aromatic N) is 1. The molecule has 0 aromatic heterocycles. The first kappa shape index (κ1) is 12.4. The SMILES string of the molecule is CC1Cc2ccccc2C(C)N1Cc1ccccc1. The van der Waals surface area contributed by atoms with Gasteiger partial charge in [-0.25, -0.2) is 0 Å². The van der Waals surface area contributed by atoms with Crippen LogP contribution in [0.1, 0.15) is 36.6 Å². The third-order valence-corrected chi connectivity index (χ3v) is 4.29. The van der Waals surface area contributed by atoms with Gasteiger partial charge in [0, 0.05) is 18.6 Å². The highest BCUT2D eigenvalue weighted by atomic mass is 15.2. The normalized spacial score (nSPS) is 23.1. The fraction of sp³-hybridized carbons (Fsp3) is 0.333. The molecule has 0 radical (unpaired) electrons. The van der Waals surface area contributed by atoms with Crippen molar-refractivity contribution in [3.8, 4) is 0 Å². The van der Waals surface area contributed by atoms with Crippen molar-refractivity contribution in [3.05, 3.63) is 71.3 Å². The molecule has 98 valence electrons. The van der Waals surface area contributed by atoms with Crippen LogP contribution in [0, 0.1) is 0 Å². The Labute approximate surface area is 115 Å². The monoisotopic (exact) mass is 251 g/mol. The smallest absolute Gasteiger partial charge is 0.0329 e. The van der Waals surface area contributed by atoms with Crippen LogP contribution in [0.25, 0.3) is 0 Å². The van der Waals surface area contributed by atoms with Crippen LogP contribution >= 0.6 is 0 Å². The molecule has 0 saturated heterocycles. The molecule has 3 rings (SSSR count). The van der Waals surface area contributed by atoms with Crippen molar-refractivity contribution in [1.82, 2.24) is 4.90 Å². The second-order valence-electron chi connectivity index (χ2n) is 5.59. The molecular formula is C18H21N. The number of fused-ring (bicyclic) bond motifs is 1. The summed E-state index contributed by atoms with van der Waals surface area (Å²) in [4.78, 5) is 2.61. The van der Waals surface area contributed by atoms with Crippen LogP contribution < -0.4 is 0 Å². The van der Waals surface area contributed by atoms with Crippen molar-refractivity contribution in [1.29, 1.82) is 0 Å². The Morgan fingerprint density at radius 3 is 2.42 bits per heavy atom. The molecule has 1 nitrogen and oxygen atoms in total. The van der Waals surface area contributed by atoms with E-state index < -0.39 is 0 Å². The second kappa shape index (κ2) is 5.18. The summed E-state index contributed by atoms with van der Waals surface area (Å²) in [6.45, 7) is 5.71. The first-order valence-electron chi connectivity index (χ1n) is 7.13. The standard InChI is InChI=1S/C18H21N/c1-14-12-17-10-6-7-11-18(17)15(2)19(14)13-16-8-4-3-5-9-16/h3-11,14-15H,12-13H2,1-2H3. The topological polar surface area (TPSA) is 3.24 Å². The average molecular weight is 251 g/mol. The lowest BCUT2D eigenvalue weighted by atomic mass is 9.89. The van der Waals surface area contributed by atoms with Gasteiger partial charge >= 0.3 is 0 Å². The maximum atomic E-state index is 2.61. The van der Waals surface area contributed by atoms with E-state index in [1.165, 1.54) is 16.7 Å². The number of benzene rings is 2. The van der Waals surface area contributed by atoms with E-state index in [1.54, 1.807) is 0 Å². The third kappa shape index (κ3) is 2.43. The Kier molecular flexibility index (Phi) is 3.39. The van der Waals surface area contributed by atoms with E-state index in [4.69, 9.17) is 0 Å².